The van der Waals surface area contributed by atoms with Crippen molar-refractivity contribution in [2.75, 3.05) is 0 Å². The maximum Gasteiger partial charge on any atom is 0.249 e. The van der Waals surface area contributed by atoms with Gasteiger partial charge >= 0.3 is 0 Å². The molecule has 0 atom stereocenters. The zero-order chi connectivity index (χ0) is 10.3. The minimum Gasteiger partial charge on any atom is -0.549 e. The quantitative estimate of drug-likeness (QED) is 0.355. The van der Waals surface area contributed by atoms with Crippen LogP contribution in [0, 0.1) is 0 Å². The molecular formula is C11H22OSi. The molecule has 1 nitrogen and oxygen atoms in total. The lowest BCUT2D eigenvalue weighted by Gasteiger charge is -2.26. The molecule has 0 amide bonds. The second-order valence-corrected chi connectivity index (χ2v) is 8.23. The van der Waals surface area contributed by atoms with Crippen LogP contribution in [0.2, 0.25) is 18.1 Å². The highest BCUT2D eigenvalue weighted by Gasteiger charge is 2.28. The molecule has 0 radical (unpaired) electrons. The first kappa shape index (κ1) is 12.5. The highest BCUT2D eigenvalue weighted by atomic mass is 28.4. The molecule has 13 heavy (non-hydrogen) atoms. The highest BCUT2D eigenvalue weighted by molar-refractivity contribution is 6.73. The lowest BCUT2D eigenvalue weighted by atomic mass is 10.4. The van der Waals surface area contributed by atoms with Crippen molar-refractivity contribution in [2.45, 2.75) is 45.8 Å². The predicted octanol–water partition coefficient (Wildman–Crippen LogP) is 4.10. The summed E-state index contributed by atoms with van der Waals surface area (Å²) in [6.45, 7) is 12.5. The predicted molar refractivity (Wildman–Crippen MR) is 62.2 cm³/mol. The van der Waals surface area contributed by atoms with E-state index in [9.17, 15) is 0 Å². The second kappa shape index (κ2) is 6.03. The molecule has 0 bridgehead atoms. The van der Waals surface area contributed by atoms with Gasteiger partial charge in [0.1, 0.15) is 0 Å². The van der Waals surface area contributed by atoms with Crippen LogP contribution in [0.25, 0.3) is 0 Å². The van der Waals surface area contributed by atoms with Gasteiger partial charge in [-0.2, -0.15) is 0 Å². The summed E-state index contributed by atoms with van der Waals surface area (Å²) in [5.41, 5.74) is 1.05. The van der Waals surface area contributed by atoms with Gasteiger partial charge in [0, 0.05) is 0 Å². The Bertz CT molecular complexity index is 172. The lowest BCUT2D eigenvalue weighted by Crippen LogP contribution is -2.33. The summed E-state index contributed by atoms with van der Waals surface area (Å²) in [6.07, 6.45) is 3.79. The van der Waals surface area contributed by atoms with Crippen LogP contribution in [0.4, 0.5) is 0 Å². The molecule has 0 saturated heterocycles. The van der Waals surface area contributed by atoms with Gasteiger partial charge in [-0.05, 0) is 31.1 Å². The molecule has 0 aliphatic carbocycles. The molecule has 0 aromatic heterocycles. The normalized spacial score (nSPS) is 12.0. The molecule has 2 heteroatoms. The topological polar surface area (TPSA) is 9.23 Å². The van der Waals surface area contributed by atoms with E-state index in [-0.39, 0.29) is 0 Å². The Morgan fingerprint density at radius 3 is 2.00 bits per heavy atom. The van der Waals surface area contributed by atoms with Gasteiger partial charge in [-0.15, -0.1) is 0 Å². The molecule has 0 spiro atoms. The van der Waals surface area contributed by atoms with Gasteiger partial charge in [0.2, 0.25) is 8.32 Å². The molecule has 0 aromatic carbocycles. The average molecular weight is 198 g/mol. The van der Waals surface area contributed by atoms with E-state index in [0.29, 0.717) is 0 Å². The third kappa shape index (κ3) is 4.32. The van der Waals surface area contributed by atoms with Crippen LogP contribution in [0.1, 0.15) is 27.7 Å². The third-order valence-electron chi connectivity index (χ3n) is 2.60. The third-order valence-corrected chi connectivity index (χ3v) is 7.11. The Hall–Kier alpha value is -0.503. The Morgan fingerprint density at radius 1 is 1.23 bits per heavy atom. The van der Waals surface area contributed by atoms with Crippen molar-refractivity contribution < 1.29 is 4.43 Å². The van der Waals surface area contributed by atoms with Crippen LogP contribution in [-0.2, 0) is 4.43 Å². The maximum atomic E-state index is 5.89. The molecule has 0 heterocycles. The van der Waals surface area contributed by atoms with Crippen LogP contribution < -0.4 is 0 Å². The Labute approximate surface area is 83.6 Å². The number of hydrogen-bond donors (Lipinski definition) is 0. The summed E-state index contributed by atoms with van der Waals surface area (Å²) in [5, 5.41) is 0. The summed E-state index contributed by atoms with van der Waals surface area (Å²) >= 11 is 0. The molecule has 0 aromatic rings. The average Bonchev–Trinajstić information content (AvgIpc) is 2.13. The summed E-state index contributed by atoms with van der Waals surface area (Å²) < 4.78 is 5.89. The van der Waals surface area contributed by atoms with E-state index in [1.807, 2.05) is 19.3 Å². The van der Waals surface area contributed by atoms with E-state index in [1.165, 1.54) is 18.1 Å². The molecule has 0 aliphatic heterocycles. The molecule has 0 rings (SSSR count). The Kier molecular flexibility index (Phi) is 5.79. The van der Waals surface area contributed by atoms with Crippen LogP contribution in [0.5, 0.6) is 0 Å². The zero-order valence-electron chi connectivity index (χ0n) is 9.39. The summed E-state index contributed by atoms with van der Waals surface area (Å²) in [5.74, 6) is 0. The van der Waals surface area contributed by atoms with Crippen molar-refractivity contribution in [1.82, 2.24) is 0 Å². The Morgan fingerprint density at radius 2 is 1.69 bits per heavy atom. The second-order valence-electron chi connectivity index (χ2n) is 3.51. The van der Waals surface area contributed by atoms with Gasteiger partial charge in [0.25, 0.3) is 0 Å². The molecule has 0 unspecified atom stereocenters. The molecule has 0 fully saturated rings. The first-order chi connectivity index (χ1) is 6.10. The van der Waals surface area contributed by atoms with E-state index in [0.717, 1.165) is 5.57 Å². The van der Waals surface area contributed by atoms with E-state index in [2.05, 4.69) is 27.4 Å². The SMILES string of the molecule is C=C(C)/C=C/O[Si](CC)(CC)CC. The fourth-order valence-corrected chi connectivity index (χ4v) is 3.65. The van der Waals surface area contributed by atoms with Crippen LogP contribution >= 0.6 is 0 Å². The summed E-state index contributed by atoms with van der Waals surface area (Å²) in [4.78, 5) is 0. The number of rotatable bonds is 6. The minimum absolute atomic E-state index is 1.05. The largest absolute Gasteiger partial charge is 0.549 e. The van der Waals surface area contributed by atoms with Gasteiger partial charge in [-0.25, -0.2) is 0 Å². The van der Waals surface area contributed by atoms with Crippen molar-refractivity contribution in [3.05, 3.63) is 24.5 Å². The highest BCUT2D eigenvalue weighted by Crippen LogP contribution is 2.21. The van der Waals surface area contributed by atoms with Crippen molar-refractivity contribution in [2.24, 2.45) is 0 Å². The van der Waals surface area contributed by atoms with Crippen LogP contribution in [0.15, 0.2) is 24.5 Å². The van der Waals surface area contributed by atoms with Gasteiger partial charge in [-0.3, -0.25) is 0 Å². The molecule has 0 aliphatic rings. The standard InChI is InChI=1S/C11H22OSi/c1-6-13(7-2,8-3)12-10-9-11(4)5/h9-10H,4,6-8H2,1-3,5H3/b10-9+. The fourth-order valence-electron chi connectivity index (χ4n) is 1.29. The van der Waals surface area contributed by atoms with Crippen molar-refractivity contribution in [1.29, 1.82) is 0 Å². The fraction of sp³-hybridized carbons (Fsp3) is 0.636. The van der Waals surface area contributed by atoms with E-state index in [1.54, 1.807) is 0 Å². The lowest BCUT2D eigenvalue weighted by molar-refractivity contribution is 0.458. The first-order valence-electron chi connectivity index (χ1n) is 5.10. The van der Waals surface area contributed by atoms with E-state index in [4.69, 9.17) is 4.43 Å². The number of hydrogen-bond acceptors (Lipinski definition) is 1. The number of allylic oxidation sites excluding steroid dienone is 2. The Balaban J connectivity index is 4.17. The first-order valence-corrected chi connectivity index (χ1v) is 7.63. The monoisotopic (exact) mass is 198 g/mol. The smallest absolute Gasteiger partial charge is 0.249 e. The van der Waals surface area contributed by atoms with Gasteiger partial charge < -0.3 is 4.43 Å². The van der Waals surface area contributed by atoms with Gasteiger partial charge in [-0.1, -0.05) is 32.9 Å². The molecular weight excluding hydrogens is 176 g/mol. The van der Waals surface area contributed by atoms with Crippen LogP contribution in [0.3, 0.4) is 0 Å². The van der Waals surface area contributed by atoms with Crippen molar-refractivity contribution in [3.8, 4) is 0 Å². The van der Waals surface area contributed by atoms with Gasteiger partial charge in [0.05, 0.1) is 6.26 Å². The summed E-state index contributed by atoms with van der Waals surface area (Å²) in [7, 11) is -1.41. The summed E-state index contributed by atoms with van der Waals surface area (Å²) in [6, 6.07) is 3.58. The van der Waals surface area contributed by atoms with E-state index < -0.39 is 8.32 Å². The van der Waals surface area contributed by atoms with Crippen LogP contribution in [-0.4, -0.2) is 8.32 Å². The zero-order valence-corrected chi connectivity index (χ0v) is 10.4. The molecule has 76 valence electrons. The van der Waals surface area contributed by atoms with Crippen molar-refractivity contribution in [3.63, 3.8) is 0 Å². The molecule has 0 saturated carbocycles. The van der Waals surface area contributed by atoms with Gasteiger partial charge in [0.15, 0.2) is 0 Å². The maximum absolute atomic E-state index is 5.89. The minimum atomic E-state index is -1.41. The van der Waals surface area contributed by atoms with Crippen molar-refractivity contribution >= 4 is 8.32 Å². The van der Waals surface area contributed by atoms with E-state index >= 15 is 0 Å². The molecule has 0 N–H and O–H groups in total.